The first kappa shape index (κ1) is 49.8. The fourth-order valence-electron chi connectivity index (χ4n) is 5.71. The summed E-state index contributed by atoms with van der Waals surface area (Å²) in [4.78, 5) is 35.2. The average Bonchev–Trinajstić information content (AvgIpc) is 3.07. The van der Waals surface area contributed by atoms with Crippen molar-refractivity contribution in [2.45, 2.75) is 193 Å². The molecule has 0 amide bonds. The lowest BCUT2D eigenvalue weighted by atomic mass is 10.0. The number of phosphoric ester groups is 1. The van der Waals surface area contributed by atoms with Crippen molar-refractivity contribution >= 4 is 19.8 Å². The molecule has 2 atom stereocenters. The summed E-state index contributed by atoms with van der Waals surface area (Å²) in [5, 5.41) is 0. The van der Waals surface area contributed by atoms with Crippen LogP contribution in [0.15, 0.2) is 12.2 Å². The smallest absolute Gasteiger partial charge is 0.462 e. The molecule has 0 bridgehead atoms. The molecule has 0 spiro atoms. The van der Waals surface area contributed by atoms with Crippen LogP contribution < -0.4 is 0 Å². The second-order valence-electron chi connectivity index (χ2n) is 15.4. The number of ether oxygens (including phenoxy) is 2. The van der Waals surface area contributed by atoms with Gasteiger partial charge in [-0.3, -0.25) is 18.6 Å². The highest BCUT2D eigenvalue weighted by atomic mass is 31.2. The minimum Gasteiger partial charge on any atom is -0.462 e. The SMILES string of the molecule is CCCCCC/C=C/CCCCCCCCCC(=O)OC[C@H](COP(=O)(O)OCC[N+](C)(C)C)OC(=O)CCCCCCCCCCCCCC. The van der Waals surface area contributed by atoms with Gasteiger partial charge in [-0.1, -0.05) is 148 Å². The average molecular weight is 747 g/mol. The highest BCUT2D eigenvalue weighted by Gasteiger charge is 2.27. The van der Waals surface area contributed by atoms with E-state index in [1.807, 2.05) is 21.1 Å². The van der Waals surface area contributed by atoms with Crippen LogP contribution >= 0.6 is 7.82 Å². The Balaban J connectivity index is 4.37. The van der Waals surface area contributed by atoms with Crippen molar-refractivity contribution in [1.29, 1.82) is 0 Å². The van der Waals surface area contributed by atoms with Gasteiger partial charge in [0.2, 0.25) is 0 Å². The first-order valence-electron chi connectivity index (χ1n) is 20.9. The minimum absolute atomic E-state index is 0.0340. The van der Waals surface area contributed by atoms with Gasteiger partial charge in [0.25, 0.3) is 0 Å². The largest absolute Gasteiger partial charge is 0.472 e. The fraction of sp³-hybridized carbons (Fsp3) is 0.902. The molecule has 0 saturated heterocycles. The highest BCUT2D eigenvalue weighted by molar-refractivity contribution is 7.47. The lowest BCUT2D eigenvalue weighted by Gasteiger charge is -2.24. The third kappa shape index (κ3) is 38.3. The number of esters is 2. The number of quaternary nitrogens is 1. The molecule has 1 N–H and O–H groups in total. The maximum atomic E-state index is 12.6. The first-order chi connectivity index (χ1) is 24.5. The summed E-state index contributed by atoms with van der Waals surface area (Å²) >= 11 is 0. The number of phosphoric acid groups is 1. The standard InChI is InChI=1S/C41H80NO8P/c1-6-8-10-12-14-16-18-20-21-22-24-25-27-29-31-33-40(43)47-37-39(38-49-51(45,46)48-36-35-42(3,4)5)50-41(44)34-32-30-28-26-23-19-17-15-13-11-9-7-2/h16,18,39H,6-15,17,19-38H2,1-5H3/p+1/b18-16+/t39-/m1/s1. The Labute approximate surface area is 314 Å². The summed E-state index contributed by atoms with van der Waals surface area (Å²) in [5.41, 5.74) is 0. The molecule has 0 aliphatic heterocycles. The third-order valence-electron chi connectivity index (χ3n) is 9.05. The van der Waals surface area contributed by atoms with E-state index in [4.69, 9.17) is 18.5 Å². The van der Waals surface area contributed by atoms with E-state index in [0.717, 1.165) is 32.1 Å². The molecule has 0 aromatic heterocycles. The number of likely N-dealkylation sites (N-methyl/N-ethyl adjacent to an activating group) is 1. The predicted octanol–water partition coefficient (Wildman–Crippen LogP) is 11.4. The molecule has 0 fully saturated rings. The molecule has 0 saturated carbocycles. The van der Waals surface area contributed by atoms with Crippen molar-refractivity contribution in [3.63, 3.8) is 0 Å². The molecular weight excluding hydrogens is 665 g/mol. The fourth-order valence-corrected chi connectivity index (χ4v) is 6.46. The minimum atomic E-state index is -4.36. The molecule has 302 valence electrons. The van der Waals surface area contributed by atoms with Gasteiger partial charge < -0.3 is 18.9 Å². The van der Waals surface area contributed by atoms with E-state index in [-0.39, 0.29) is 32.0 Å². The third-order valence-corrected chi connectivity index (χ3v) is 10.0. The van der Waals surface area contributed by atoms with Crippen LogP contribution in [0.3, 0.4) is 0 Å². The van der Waals surface area contributed by atoms with Crippen molar-refractivity contribution in [2.24, 2.45) is 0 Å². The van der Waals surface area contributed by atoms with Crippen LogP contribution in [0.5, 0.6) is 0 Å². The van der Waals surface area contributed by atoms with Gasteiger partial charge in [-0.05, 0) is 38.5 Å². The number of allylic oxidation sites excluding steroid dienone is 2. The number of hydrogen-bond donors (Lipinski definition) is 1. The summed E-state index contributed by atoms with van der Waals surface area (Å²) in [7, 11) is 1.48. The van der Waals surface area contributed by atoms with Gasteiger partial charge >= 0.3 is 19.8 Å². The number of nitrogens with zero attached hydrogens (tertiary/aromatic N) is 1. The van der Waals surface area contributed by atoms with Gasteiger partial charge in [-0.25, -0.2) is 4.57 Å². The summed E-state index contributed by atoms with van der Waals surface area (Å²) < 4.78 is 34.2. The summed E-state index contributed by atoms with van der Waals surface area (Å²) in [6.45, 7) is 4.41. The topological polar surface area (TPSA) is 108 Å². The van der Waals surface area contributed by atoms with Crippen molar-refractivity contribution in [1.82, 2.24) is 0 Å². The van der Waals surface area contributed by atoms with Gasteiger partial charge in [0.1, 0.15) is 19.8 Å². The molecule has 0 radical (unpaired) electrons. The number of hydrogen-bond acceptors (Lipinski definition) is 7. The van der Waals surface area contributed by atoms with Gasteiger partial charge in [-0.15, -0.1) is 0 Å². The number of rotatable bonds is 38. The zero-order chi connectivity index (χ0) is 37.9. The molecule has 51 heavy (non-hydrogen) atoms. The highest BCUT2D eigenvalue weighted by Crippen LogP contribution is 2.43. The van der Waals surface area contributed by atoms with Crippen LogP contribution in [0.1, 0.15) is 187 Å². The van der Waals surface area contributed by atoms with Crippen LogP contribution in [0.2, 0.25) is 0 Å². The van der Waals surface area contributed by atoms with Crippen LogP contribution in [0.4, 0.5) is 0 Å². The van der Waals surface area contributed by atoms with Crippen LogP contribution in [0, 0.1) is 0 Å². The first-order valence-corrected chi connectivity index (χ1v) is 22.4. The van der Waals surface area contributed by atoms with E-state index >= 15 is 0 Å². The summed E-state index contributed by atoms with van der Waals surface area (Å²) in [6, 6.07) is 0. The Morgan fingerprint density at radius 2 is 1.00 bits per heavy atom. The van der Waals surface area contributed by atoms with E-state index in [2.05, 4.69) is 26.0 Å². The summed E-state index contributed by atoms with van der Waals surface area (Å²) in [5.74, 6) is -0.797. The van der Waals surface area contributed by atoms with E-state index < -0.39 is 26.5 Å². The number of carbonyl (C=O) groups is 2. The summed E-state index contributed by atoms with van der Waals surface area (Å²) in [6.07, 6.45) is 33.9. The number of unbranched alkanes of at least 4 members (excludes halogenated alkanes) is 22. The Morgan fingerprint density at radius 3 is 1.47 bits per heavy atom. The van der Waals surface area contributed by atoms with E-state index in [9.17, 15) is 19.0 Å². The second kappa shape index (κ2) is 34.5. The molecule has 0 heterocycles. The van der Waals surface area contributed by atoms with Crippen LogP contribution in [-0.2, 0) is 32.7 Å². The van der Waals surface area contributed by atoms with Crippen molar-refractivity contribution in [2.75, 3.05) is 47.5 Å². The van der Waals surface area contributed by atoms with Crippen LogP contribution in [0.25, 0.3) is 0 Å². The molecule has 0 aromatic carbocycles. The van der Waals surface area contributed by atoms with Gasteiger partial charge in [0, 0.05) is 12.8 Å². The van der Waals surface area contributed by atoms with Gasteiger partial charge in [-0.2, -0.15) is 0 Å². The molecular formula is C41H81NO8P+. The molecule has 0 aliphatic rings. The Bertz CT molecular complexity index is 891. The Morgan fingerprint density at radius 1 is 0.588 bits per heavy atom. The van der Waals surface area contributed by atoms with E-state index in [0.29, 0.717) is 17.4 Å². The molecule has 10 heteroatoms. The lowest BCUT2D eigenvalue weighted by Crippen LogP contribution is -2.37. The lowest BCUT2D eigenvalue weighted by molar-refractivity contribution is -0.870. The maximum absolute atomic E-state index is 12.6. The monoisotopic (exact) mass is 747 g/mol. The Hall–Kier alpha value is -1.25. The van der Waals surface area contributed by atoms with Crippen molar-refractivity contribution < 1.29 is 42.1 Å². The molecule has 0 aromatic rings. The van der Waals surface area contributed by atoms with Gasteiger partial charge in [0.05, 0.1) is 27.7 Å². The van der Waals surface area contributed by atoms with E-state index in [1.165, 1.54) is 122 Å². The predicted molar refractivity (Wildman–Crippen MR) is 211 cm³/mol. The quantitative estimate of drug-likeness (QED) is 0.0219. The molecule has 9 nitrogen and oxygen atoms in total. The van der Waals surface area contributed by atoms with Crippen molar-refractivity contribution in [3.05, 3.63) is 12.2 Å². The van der Waals surface area contributed by atoms with Crippen LogP contribution in [-0.4, -0.2) is 74.9 Å². The van der Waals surface area contributed by atoms with Crippen molar-refractivity contribution in [3.8, 4) is 0 Å². The zero-order valence-corrected chi connectivity index (χ0v) is 34.7. The normalized spacial score (nSPS) is 13.8. The second-order valence-corrected chi connectivity index (χ2v) is 16.8. The van der Waals surface area contributed by atoms with E-state index in [1.54, 1.807) is 0 Å². The Kier molecular flexibility index (Phi) is 33.7. The maximum Gasteiger partial charge on any atom is 0.472 e. The molecule has 0 aliphatic carbocycles. The number of carbonyl (C=O) groups excluding carboxylic acids is 2. The zero-order valence-electron chi connectivity index (χ0n) is 33.9. The van der Waals surface area contributed by atoms with Gasteiger partial charge in [0.15, 0.2) is 6.10 Å². The molecule has 0 rings (SSSR count). The molecule has 1 unspecified atom stereocenters.